The number of carbonyl (C=O) groups is 1. The summed E-state index contributed by atoms with van der Waals surface area (Å²) in [5, 5.41) is 4.37. The van der Waals surface area contributed by atoms with Crippen molar-refractivity contribution in [1.82, 2.24) is 20.0 Å². The van der Waals surface area contributed by atoms with Crippen LogP contribution in [0.25, 0.3) is 11.0 Å². The molecular weight excluding hydrogens is 336 g/mol. The summed E-state index contributed by atoms with van der Waals surface area (Å²) in [6.07, 6.45) is 1.56. The lowest BCUT2D eigenvalue weighted by molar-refractivity contribution is 0.0954. The van der Waals surface area contributed by atoms with Crippen LogP contribution in [0.5, 0.6) is 0 Å². The number of benzene rings is 1. The van der Waals surface area contributed by atoms with Crippen molar-refractivity contribution in [1.29, 1.82) is 0 Å². The number of nitrogens with one attached hydrogen (secondary N) is 3. The average molecular weight is 350 g/mol. The minimum absolute atomic E-state index is 0.123. The Morgan fingerprint density at radius 3 is 2.91 bits per heavy atom. The molecule has 0 aliphatic heterocycles. The van der Waals surface area contributed by atoms with Crippen LogP contribution in [0.15, 0.2) is 46.2 Å². The molecule has 0 fully saturated rings. The number of thiophene rings is 1. The molecule has 0 saturated heterocycles. The molecule has 120 valence electrons. The monoisotopic (exact) mass is 350 g/mol. The largest absolute Gasteiger partial charge is 0.351 e. The minimum Gasteiger partial charge on any atom is -0.351 e. The molecule has 3 N–H and O–H groups in total. The molecule has 0 atom stereocenters. The summed E-state index contributed by atoms with van der Waals surface area (Å²) in [4.78, 5) is 19.1. The molecule has 0 saturated carbocycles. The van der Waals surface area contributed by atoms with Gasteiger partial charge in [0.25, 0.3) is 5.91 Å². The van der Waals surface area contributed by atoms with Crippen LogP contribution in [-0.4, -0.2) is 37.4 Å². The Balaban J connectivity index is 1.53. The normalized spacial score (nSPS) is 11.7. The van der Waals surface area contributed by atoms with Crippen molar-refractivity contribution in [3.63, 3.8) is 0 Å². The van der Waals surface area contributed by atoms with Crippen molar-refractivity contribution in [3.8, 4) is 0 Å². The van der Waals surface area contributed by atoms with E-state index in [-0.39, 0.29) is 23.2 Å². The van der Waals surface area contributed by atoms with Crippen LogP contribution < -0.4 is 10.0 Å². The number of H-pyrrole nitrogens is 1. The van der Waals surface area contributed by atoms with E-state index in [1.807, 2.05) is 0 Å². The fourth-order valence-electron chi connectivity index (χ4n) is 2.03. The molecule has 0 spiro atoms. The van der Waals surface area contributed by atoms with Gasteiger partial charge in [0.15, 0.2) is 0 Å². The third-order valence-electron chi connectivity index (χ3n) is 3.14. The SMILES string of the molecule is O=C(NCCNS(=O)(=O)c1cccs1)c1ccc2nc[nH]c2c1. The second kappa shape index (κ2) is 6.49. The van der Waals surface area contributed by atoms with Gasteiger partial charge in [0.2, 0.25) is 10.0 Å². The van der Waals surface area contributed by atoms with E-state index >= 15 is 0 Å². The van der Waals surface area contributed by atoms with E-state index in [0.717, 1.165) is 22.4 Å². The van der Waals surface area contributed by atoms with Gasteiger partial charge < -0.3 is 10.3 Å². The van der Waals surface area contributed by atoms with Crippen molar-refractivity contribution in [2.24, 2.45) is 0 Å². The number of imidazole rings is 1. The van der Waals surface area contributed by atoms with Crippen LogP contribution in [0.3, 0.4) is 0 Å². The predicted octanol–water partition coefficient (Wildman–Crippen LogP) is 1.33. The van der Waals surface area contributed by atoms with Crippen molar-refractivity contribution in [3.05, 3.63) is 47.6 Å². The van der Waals surface area contributed by atoms with Gasteiger partial charge in [-0.05, 0) is 29.6 Å². The maximum absolute atomic E-state index is 12.0. The highest BCUT2D eigenvalue weighted by Crippen LogP contribution is 2.15. The number of aromatic nitrogens is 2. The van der Waals surface area contributed by atoms with Gasteiger partial charge in [-0.15, -0.1) is 11.3 Å². The Bertz CT molecular complexity index is 917. The predicted molar refractivity (Wildman–Crippen MR) is 87.9 cm³/mol. The highest BCUT2D eigenvalue weighted by Gasteiger charge is 2.14. The second-order valence-corrected chi connectivity index (χ2v) is 7.66. The molecule has 9 heteroatoms. The molecule has 1 amide bonds. The van der Waals surface area contributed by atoms with Crippen LogP contribution in [-0.2, 0) is 10.0 Å². The summed E-state index contributed by atoms with van der Waals surface area (Å²) in [6.45, 7) is 0.322. The number of aromatic amines is 1. The fourth-order valence-corrected chi connectivity index (χ4v) is 4.10. The molecule has 3 rings (SSSR count). The first kappa shape index (κ1) is 15.7. The van der Waals surface area contributed by atoms with Crippen LogP contribution in [0.4, 0.5) is 0 Å². The van der Waals surface area contributed by atoms with E-state index in [0.29, 0.717) is 5.56 Å². The Labute approximate surface area is 136 Å². The van der Waals surface area contributed by atoms with Crippen molar-refractivity contribution >= 4 is 38.3 Å². The summed E-state index contributed by atoms with van der Waals surface area (Å²) < 4.78 is 26.5. The van der Waals surface area contributed by atoms with E-state index in [4.69, 9.17) is 0 Å². The van der Waals surface area contributed by atoms with Crippen LogP contribution in [0.1, 0.15) is 10.4 Å². The first-order valence-electron chi connectivity index (χ1n) is 6.81. The molecule has 3 aromatic rings. The molecular formula is C14H14N4O3S2. The number of amides is 1. The van der Waals surface area contributed by atoms with Crippen molar-refractivity contribution in [2.45, 2.75) is 4.21 Å². The number of rotatable bonds is 6. The number of sulfonamides is 1. The number of fused-ring (bicyclic) bond motifs is 1. The summed E-state index contributed by atoms with van der Waals surface area (Å²) in [5.41, 5.74) is 2.05. The fraction of sp³-hybridized carbons (Fsp3) is 0.143. The van der Waals surface area contributed by atoms with E-state index in [9.17, 15) is 13.2 Å². The summed E-state index contributed by atoms with van der Waals surface area (Å²) in [5.74, 6) is -0.267. The molecule has 1 aromatic carbocycles. The van der Waals surface area contributed by atoms with Gasteiger partial charge in [0.05, 0.1) is 17.4 Å². The van der Waals surface area contributed by atoms with Gasteiger partial charge in [-0.3, -0.25) is 4.79 Å². The number of nitrogens with zero attached hydrogens (tertiary/aromatic N) is 1. The van der Waals surface area contributed by atoms with Crippen LogP contribution in [0.2, 0.25) is 0 Å². The Kier molecular flexibility index (Phi) is 4.42. The molecule has 23 heavy (non-hydrogen) atoms. The topological polar surface area (TPSA) is 104 Å². The third kappa shape index (κ3) is 3.58. The standard InChI is InChI=1S/C14H14N4O3S2/c19-14(10-3-4-11-12(8-10)17-9-16-11)15-5-6-18-23(20,21)13-2-1-7-22-13/h1-4,7-9,18H,5-6H2,(H,15,19)(H,16,17). The molecule has 7 nitrogen and oxygen atoms in total. The molecule has 0 bridgehead atoms. The minimum atomic E-state index is -3.50. The van der Waals surface area contributed by atoms with Gasteiger partial charge in [-0.1, -0.05) is 6.07 Å². The van der Waals surface area contributed by atoms with Crippen molar-refractivity contribution < 1.29 is 13.2 Å². The quantitative estimate of drug-likeness (QED) is 0.583. The Morgan fingerprint density at radius 2 is 2.13 bits per heavy atom. The molecule has 0 aliphatic carbocycles. The summed E-state index contributed by atoms with van der Waals surface area (Å²) >= 11 is 1.15. The lowest BCUT2D eigenvalue weighted by Gasteiger charge is -2.07. The van der Waals surface area contributed by atoms with E-state index in [1.165, 1.54) is 6.07 Å². The number of hydrogen-bond donors (Lipinski definition) is 3. The lowest BCUT2D eigenvalue weighted by atomic mass is 10.2. The van der Waals surface area contributed by atoms with Crippen LogP contribution >= 0.6 is 11.3 Å². The van der Waals surface area contributed by atoms with Gasteiger partial charge >= 0.3 is 0 Å². The summed E-state index contributed by atoms with van der Waals surface area (Å²) in [6, 6.07) is 8.33. The molecule has 0 aliphatic rings. The number of carbonyl (C=O) groups excluding carboxylic acids is 1. The molecule has 0 unspecified atom stereocenters. The Hall–Kier alpha value is -2.23. The highest BCUT2D eigenvalue weighted by atomic mass is 32.2. The van der Waals surface area contributed by atoms with Gasteiger partial charge in [0, 0.05) is 18.7 Å². The van der Waals surface area contributed by atoms with Crippen LogP contribution in [0, 0.1) is 0 Å². The summed E-state index contributed by atoms with van der Waals surface area (Å²) in [7, 11) is -3.50. The zero-order valence-electron chi connectivity index (χ0n) is 11.9. The lowest BCUT2D eigenvalue weighted by Crippen LogP contribution is -2.34. The Morgan fingerprint density at radius 1 is 1.26 bits per heavy atom. The second-order valence-electron chi connectivity index (χ2n) is 4.72. The highest BCUT2D eigenvalue weighted by molar-refractivity contribution is 7.91. The number of hydrogen-bond acceptors (Lipinski definition) is 5. The van der Waals surface area contributed by atoms with Gasteiger partial charge in [0.1, 0.15) is 4.21 Å². The average Bonchev–Trinajstić information content (AvgIpc) is 3.21. The first-order chi connectivity index (χ1) is 11.1. The molecule has 2 heterocycles. The maximum atomic E-state index is 12.0. The zero-order valence-corrected chi connectivity index (χ0v) is 13.6. The maximum Gasteiger partial charge on any atom is 0.251 e. The van der Waals surface area contributed by atoms with E-state index in [1.54, 1.807) is 36.0 Å². The van der Waals surface area contributed by atoms with Gasteiger partial charge in [-0.25, -0.2) is 18.1 Å². The van der Waals surface area contributed by atoms with Crippen molar-refractivity contribution in [2.75, 3.05) is 13.1 Å². The zero-order chi connectivity index (χ0) is 16.3. The molecule has 2 aromatic heterocycles. The van der Waals surface area contributed by atoms with E-state index < -0.39 is 10.0 Å². The third-order valence-corrected chi connectivity index (χ3v) is 6.00. The van der Waals surface area contributed by atoms with Gasteiger partial charge in [-0.2, -0.15) is 0 Å². The van der Waals surface area contributed by atoms with E-state index in [2.05, 4.69) is 20.0 Å². The smallest absolute Gasteiger partial charge is 0.251 e. The molecule has 0 radical (unpaired) electrons. The first-order valence-corrected chi connectivity index (χ1v) is 9.17.